The second-order valence-electron chi connectivity index (χ2n) is 3.40. The van der Waals surface area contributed by atoms with Crippen molar-refractivity contribution in [3.63, 3.8) is 0 Å². The van der Waals surface area contributed by atoms with Gasteiger partial charge in [-0.25, -0.2) is 4.99 Å². The van der Waals surface area contributed by atoms with E-state index < -0.39 is 0 Å². The van der Waals surface area contributed by atoms with Gasteiger partial charge in [-0.3, -0.25) is 4.79 Å². The third-order valence-corrected chi connectivity index (χ3v) is 1.81. The standard InChI is InChI=1S/C10H22N4O2/c1-5-11-10(12-6-7-16-4)13-8-9(15)14(2)3/h5-8H2,1-4H3,(H2,11,12,13). The summed E-state index contributed by atoms with van der Waals surface area (Å²) in [6.07, 6.45) is 0. The first-order valence-corrected chi connectivity index (χ1v) is 5.33. The Labute approximate surface area is 97.1 Å². The van der Waals surface area contributed by atoms with Crippen LogP contribution in [0.3, 0.4) is 0 Å². The number of hydrogen-bond acceptors (Lipinski definition) is 3. The molecule has 2 N–H and O–H groups in total. The van der Waals surface area contributed by atoms with E-state index in [1.54, 1.807) is 21.2 Å². The second-order valence-corrected chi connectivity index (χ2v) is 3.40. The molecule has 0 fully saturated rings. The molecule has 0 rings (SSSR count). The largest absolute Gasteiger partial charge is 0.383 e. The molecule has 0 heterocycles. The minimum atomic E-state index is -0.0241. The van der Waals surface area contributed by atoms with E-state index in [4.69, 9.17) is 4.74 Å². The summed E-state index contributed by atoms with van der Waals surface area (Å²) in [6, 6.07) is 0. The summed E-state index contributed by atoms with van der Waals surface area (Å²) in [5.74, 6) is 0.610. The van der Waals surface area contributed by atoms with Crippen LogP contribution in [0, 0.1) is 0 Å². The molecule has 0 spiro atoms. The van der Waals surface area contributed by atoms with E-state index in [1.165, 1.54) is 4.90 Å². The van der Waals surface area contributed by atoms with Crippen LogP contribution in [-0.4, -0.2) is 64.2 Å². The molecule has 6 heteroatoms. The van der Waals surface area contributed by atoms with Gasteiger partial charge in [-0.05, 0) is 6.92 Å². The van der Waals surface area contributed by atoms with Gasteiger partial charge in [0.05, 0.1) is 6.61 Å². The number of rotatable bonds is 6. The number of carbonyl (C=O) groups is 1. The molecular formula is C10H22N4O2. The van der Waals surface area contributed by atoms with Crippen LogP contribution in [0.5, 0.6) is 0 Å². The van der Waals surface area contributed by atoms with Crippen molar-refractivity contribution < 1.29 is 9.53 Å². The van der Waals surface area contributed by atoms with Gasteiger partial charge in [0.25, 0.3) is 0 Å². The highest BCUT2D eigenvalue weighted by molar-refractivity contribution is 5.84. The lowest BCUT2D eigenvalue weighted by Gasteiger charge is -2.12. The Morgan fingerprint density at radius 1 is 1.38 bits per heavy atom. The lowest BCUT2D eigenvalue weighted by molar-refractivity contribution is -0.127. The topological polar surface area (TPSA) is 66.0 Å². The number of ether oxygens (including phenoxy) is 1. The summed E-state index contributed by atoms with van der Waals surface area (Å²) in [4.78, 5) is 17.0. The SMILES string of the molecule is CCNC(=NCC(=O)N(C)C)NCCOC. The van der Waals surface area contributed by atoms with Crippen molar-refractivity contribution in [2.75, 3.05) is 47.4 Å². The highest BCUT2D eigenvalue weighted by atomic mass is 16.5. The molecule has 0 radical (unpaired) electrons. The van der Waals surface area contributed by atoms with Crippen LogP contribution >= 0.6 is 0 Å². The first kappa shape index (κ1) is 14.7. The van der Waals surface area contributed by atoms with Crippen LogP contribution in [0.15, 0.2) is 4.99 Å². The number of methoxy groups -OCH3 is 1. The van der Waals surface area contributed by atoms with Crippen molar-refractivity contribution in [3.05, 3.63) is 0 Å². The molecule has 1 amide bonds. The van der Waals surface area contributed by atoms with Gasteiger partial charge in [0.15, 0.2) is 5.96 Å². The van der Waals surface area contributed by atoms with E-state index in [0.717, 1.165) is 6.54 Å². The van der Waals surface area contributed by atoms with Gasteiger partial charge >= 0.3 is 0 Å². The molecule has 94 valence electrons. The smallest absolute Gasteiger partial charge is 0.243 e. The summed E-state index contributed by atoms with van der Waals surface area (Å²) >= 11 is 0. The number of carbonyl (C=O) groups excluding carboxylic acids is 1. The minimum Gasteiger partial charge on any atom is -0.383 e. The van der Waals surface area contributed by atoms with E-state index in [0.29, 0.717) is 19.1 Å². The molecular weight excluding hydrogens is 208 g/mol. The fourth-order valence-electron chi connectivity index (χ4n) is 0.901. The van der Waals surface area contributed by atoms with Gasteiger partial charge in [0.1, 0.15) is 6.54 Å². The maximum absolute atomic E-state index is 11.3. The van der Waals surface area contributed by atoms with E-state index >= 15 is 0 Å². The first-order chi connectivity index (χ1) is 7.61. The molecule has 0 unspecified atom stereocenters. The van der Waals surface area contributed by atoms with Crippen molar-refractivity contribution in [2.24, 2.45) is 4.99 Å². The number of likely N-dealkylation sites (N-methyl/N-ethyl adjacent to an activating group) is 1. The maximum atomic E-state index is 11.3. The average molecular weight is 230 g/mol. The van der Waals surface area contributed by atoms with Gasteiger partial charge in [0, 0.05) is 34.3 Å². The van der Waals surface area contributed by atoms with Gasteiger partial charge in [-0.1, -0.05) is 0 Å². The molecule has 0 aromatic rings. The Morgan fingerprint density at radius 3 is 2.56 bits per heavy atom. The van der Waals surface area contributed by atoms with Gasteiger partial charge in [-0.2, -0.15) is 0 Å². The van der Waals surface area contributed by atoms with Crippen LogP contribution in [0.1, 0.15) is 6.92 Å². The molecule has 6 nitrogen and oxygen atoms in total. The van der Waals surface area contributed by atoms with Gasteiger partial charge in [0.2, 0.25) is 5.91 Å². The van der Waals surface area contributed by atoms with Crippen LogP contribution in [0.25, 0.3) is 0 Å². The molecule has 0 aliphatic carbocycles. The summed E-state index contributed by atoms with van der Waals surface area (Å²) in [5, 5.41) is 6.11. The highest BCUT2D eigenvalue weighted by Crippen LogP contribution is 1.81. The maximum Gasteiger partial charge on any atom is 0.243 e. The number of nitrogens with one attached hydrogen (secondary N) is 2. The van der Waals surface area contributed by atoms with Crippen LogP contribution < -0.4 is 10.6 Å². The molecule has 0 aliphatic rings. The zero-order valence-corrected chi connectivity index (χ0v) is 10.5. The fraction of sp³-hybridized carbons (Fsp3) is 0.800. The molecule has 0 saturated carbocycles. The van der Waals surface area contributed by atoms with Crippen molar-refractivity contribution in [3.8, 4) is 0 Å². The van der Waals surface area contributed by atoms with Gasteiger partial charge in [-0.15, -0.1) is 0 Å². The zero-order chi connectivity index (χ0) is 12.4. The summed E-state index contributed by atoms with van der Waals surface area (Å²) < 4.78 is 4.91. The van der Waals surface area contributed by atoms with Crippen LogP contribution in [-0.2, 0) is 9.53 Å². The summed E-state index contributed by atoms with van der Waals surface area (Å²) in [7, 11) is 5.06. The third kappa shape index (κ3) is 7.05. The predicted molar refractivity (Wildman–Crippen MR) is 64.6 cm³/mol. The lowest BCUT2D eigenvalue weighted by atomic mass is 10.5. The van der Waals surface area contributed by atoms with Gasteiger partial charge < -0.3 is 20.3 Å². The van der Waals surface area contributed by atoms with Crippen molar-refractivity contribution in [1.29, 1.82) is 0 Å². The molecule has 16 heavy (non-hydrogen) atoms. The van der Waals surface area contributed by atoms with Crippen LogP contribution in [0.4, 0.5) is 0 Å². The molecule has 0 aromatic carbocycles. The van der Waals surface area contributed by atoms with Crippen molar-refractivity contribution in [1.82, 2.24) is 15.5 Å². The van der Waals surface area contributed by atoms with E-state index in [1.807, 2.05) is 6.92 Å². The van der Waals surface area contributed by atoms with Crippen molar-refractivity contribution in [2.45, 2.75) is 6.92 Å². The minimum absolute atomic E-state index is 0.0241. The molecule has 0 aliphatic heterocycles. The Kier molecular flexibility index (Phi) is 8.24. The molecule has 0 bridgehead atoms. The average Bonchev–Trinajstić information content (AvgIpc) is 2.25. The lowest BCUT2D eigenvalue weighted by Crippen LogP contribution is -2.39. The van der Waals surface area contributed by atoms with E-state index in [-0.39, 0.29) is 12.5 Å². The number of nitrogens with zero attached hydrogens (tertiary/aromatic N) is 2. The number of aliphatic imine (C=N–C) groups is 1. The first-order valence-electron chi connectivity index (χ1n) is 5.33. The molecule has 0 atom stereocenters. The van der Waals surface area contributed by atoms with Crippen molar-refractivity contribution >= 4 is 11.9 Å². The number of guanidine groups is 1. The Hall–Kier alpha value is -1.30. The fourth-order valence-corrected chi connectivity index (χ4v) is 0.901. The Morgan fingerprint density at radius 2 is 2.06 bits per heavy atom. The Bertz CT molecular complexity index is 229. The second kappa shape index (κ2) is 8.96. The third-order valence-electron chi connectivity index (χ3n) is 1.81. The summed E-state index contributed by atoms with van der Waals surface area (Å²) in [6.45, 7) is 4.15. The van der Waals surface area contributed by atoms with E-state index in [9.17, 15) is 4.79 Å². The molecule has 0 aromatic heterocycles. The monoisotopic (exact) mass is 230 g/mol. The van der Waals surface area contributed by atoms with E-state index in [2.05, 4.69) is 15.6 Å². The number of hydrogen-bond donors (Lipinski definition) is 2. The molecule has 0 saturated heterocycles. The zero-order valence-electron chi connectivity index (χ0n) is 10.5. The quantitative estimate of drug-likeness (QED) is 0.359. The Balaban J connectivity index is 4.07. The predicted octanol–water partition coefficient (Wildman–Crippen LogP) is -0.724. The highest BCUT2D eigenvalue weighted by Gasteiger charge is 2.03. The van der Waals surface area contributed by atoms with Crippen LogP contribution in [0.2, 0.25) is 0 Å². The normalized spacial score (nSPS) is 11.1. The number of amides is 1. The summed E-state index contributed by atoms with van der Waals surface area (Å²) in [5.41, 5.74) is 0.